The van der Waals surface area contributed by atoms with Gasteiger partial charge in [0.25, 0.3) is 5.91 Å². The van der Waals surface area contributed by atoms with Crippen molar-refractivity contribution in [2.45, 2.75) is 33.7 Å². The van der Waals surface area contributed by atoms with E-state index in [1.807, 2.05) is 39.0 Å². The van der Waals surface area contributed by atoms with Crippen molar-refractivity contribution >= 4 is 17.5 Å². The van der Waals surface area contributed by atoms with Gasteiger partial charge in [-0.25, -0.2) is 0 Å². The Morgan fingerprint density at radius 1 is 0.963 bits per heavy atom. The summed E-state index contributed by atoms with van der Waals surface area (Å²) in [5.74, 6) is 1.01. The molecule has 2 rings (SSSR count). The summed E-state index contributed by atoms with van der Waals surface area (Å²) < 4.78 is 11.2. The highest BCUT2D eigenvalue weighted by molar-refractivity contribution is 5.95. The van der Waals surface area contributed by atoms with Crippen molar-refractivity contribution in [1.82, 2.24) is 5.32 Å². The Morgan fingerprint density at radius 2 is 1.59 bits per heavy atom. The molecule has 2 aromatic rings. The second-order valence-electron chi connectivity index (χ2n) is 6.03. The number of hydrogen-bond acceptors (Lipinski definition) is 4. The van der Waals surface area contributed by atoms with E-state index in [4.69, 9.17) is 9.47 Å². The molecule has 6 heteroatoms. The zero-order chi connectivity index (χ0) is 19.8. The van der Waals surface area contributed by atoms with E-state index in [1.165, 1.54) is 6.92 Å². The van der Waals surface area contributed by atoms with Crippen LogP contribution >= 0.6 is 0 Å². The van der Waals surface area contributed by atoms with Crippen molar-refractivity contribution in [3.63, 3.8) is 0 Å². The van der Waals surface area contributed by atoms with Gasteiger partial charge in [0.15, 0.2) is 11.5 Å². The molecule has 2 N–H and O–H groups in total. The Bertz CT molecular complexity index is 787. The van der Waals surface area contributed by atoms with E-state index in [0.29, 0.717) is 36.0 Å². The Balaban J connectivity index is 2.09. The van der Waals surface area contributed by atoms with Gasteiger partial charge in [0.2, 0.25) is 5.91 Å². The Morgan fingerprint density at radius 3 is 2.19 bits per heavy atom. The van der Waals surface area contributed by atoms with E-state index in [2.05, 4.69) is 10.6 Å². The molecule has 2 amide bonds. The Kier molecular flexibility index (Phi) is 7.23. The molecule has 0 bridgehead atoms. The predicted molar refractivity (Wildman–Crippen MR) is 105 cm³/mol. The summed E-state index contributed by atoms with van der Waals surface area (Å²) in [6.45, 7) is 8.28. The number of rotatable bonds is 8. The first-order valence-electron chi connectivity index (χ1n) is 9.02. The maximum atomic E-state index is 12.5. The molecule has 0 saturated carbocycles. The number of anilines is 1. The average Bonchev–Trinajstić information content (AvgIpc) is 2.63. The molecule has 0 aliphatic heterocycles. The highest BCUT2D eigenvalue weighted by Crippen LogP contribution is 2.30. The minimum atomic E-state index is -0.206. The van der Waals surface area contributed by atoms with Gasteiger partial charge >= 0.3 is 0 Å². The van der Waals surface area contributed by atoms with E-state index in [0.717, 1.165) is 5.56 Å². The summed E-state index contributed by atoms with van der Waals surface area (Å²) in [6.07, 6.45) is 0. The number of nitrogens with one attached hydrogen (secondary N) is 2. The van der Waals surface area contributed by atoms with Crippen LogP contribution < -0.4 is 20.1 Å². The molecule has 1 atom stereocenters. The minimum absolute atomic E-state index is 0.151. The second kappa shape index (κ2) is 9.62. The SMILES string of the molecule is CCOc1ccc(C(C)NC(=O)c2ccc(NC(C)=O)cc2)cc1OCC. The maximum absolute atomic E-state index is 12.5. The van der Waals surface area contributed by atoms with Gasteiger partial charge in [0.1, 0.15) is 0 Å². The predicted octanol–water partition coefficient (Wildman–Crippen LogP) is 3.93. The number of carbonyl (C=O) groups is 2. The molecule has 0 heterocycles. The normalized spacial score (nSPS) is 11.4. The molecule has 0 spiro atoms. The fraction of sp³-hybridized carbons (Fsp3) is 0.333. The summed E-state index contributed by atoms with van der Waals surface area (Å²) in [5.41, 5.74) is 2.09. The standard InChI is InChI=1S/C21H26N2O4/c1-5-26-19-12-9-17(13-20(19)27-6-2)14(3)22-21(25)16-7-10-18(11-8-16)23-15(4)24/h7-14H,5-6H2,1-4H3,(H,22,25)(H,23,24). The van der Waals surface area contributed by atoms with Gasteiger partial charge in [-0.05, 0) is 62.7 Å². The third-order valence-corrected chi connectivity index (χ3v) is 3.88. The molecule has 144 valence electrons. The molecular weight excluding hydrogens is 344 g/mol. The van der Waals surface area contributed by atoms with Crippen LogP contribution in [0.15, 0.2) is 42.5 Å². The van der Waals surface area contributed by atoms with Crippen molar-refractivity contribution in [1.29, 1.82) is 0 Å². The zero-order valence-corrected chi connectivity index (χ0v) is 16.2. The van der Waals surface area contributed by atoms with Gasteiger partial charge in [-0.3, -0.25) is 9.59 Å². The van der Waals surface area contributed by atoms with Crippen LogP contribution in [-0.4, -0.2) is 25.0 Å². The molecule has 2 aromatic carbocycles. The molecule has 27 heavy (non-hydrogen) atoms. The van der Waals surface area contributed by atoms with Crippen LogP contribution in [0.3, 0.4) is 0 Å². The van der Waals surface area contributed by atoms with Crippen molar-refractivity contribution < 1.29 is 19.1 Å². The van der Waals surface area contributed by atoms with Crippen molar-refractivity contribution in [3.05, 3.63) is 53.6 Å². The maximum Gasteiger partial charge on any atom is 0.251 e. The van der Waals surface area contributed by atoms with Crippen molar-refractivity contribution in [3.8, 4) is 11.5 Å². The van der Waals surface area contributed by atoms with Gasteiger partial charge < -0.3 is 20.1 Å². The van der Waals surface area contributed by atoms with E-state index < -0.39 is 0 Å². The van der Waals surface area contributed by atoms with Gasteiger partial charge in [0.05, 0.1) is 19.3 Å². The first kappa shape index (κ1) is 20.3. The Labute approximate surface area is 159 Å². The summed E-state index contributed by atoms with van der Waals surface area (Å²) in [5, 5.41) is 5.65. The van der Waals surface area contributed by atoms with Gasteiger partial charge in [-0.2, -0.15) is 0 Å². The highest BCUT2D eigenvalue weighted by atomic mass is 16.5. The molecule has 0 saturated heterocycles. The van der Waals surface area contributed by atoms with E-state index in [-0.39, 0.29) is 17.9 Å². The first-order chi connectivity index (χ1) is 12.9. The molecular formula is C21H26N2O4. The third-order valence-electron chi connectivity index (χ3n) is 3.88. The van der Waals surface area contributed by atoms with E-state index in [1.54, 1.807) is 24.3 Å². The average molecular weight is 370 g/mol. The van der Waals surface area contributed by atoms with Crippen LogP contribution in [-0.2, 0) is 4.79 Å². The summed E-state index contributed by atoms with van der Waals surface area (Å²) in [4.78, 5) is 23.6. The second-order valence-corrected chi connectivity index (χ2v) is 6.03. The summed E-state index contributed by atoms with van der Waals surface area (Å²) in [7, 11) is 0. The van der Waals surface area contributed by atoms with Crippen LogP contribution in [0.4, 0.5) is 5.69 Å². The lowest BCUT2D eigenvalue weighted by molar-refractivity contribution is -0.114. The zero-order valence-electron chi connectivity index (χ0n) is 16.2. The van der Waals surface area contributed by atoms with Gasteiger partial charge in [-0.15, -0.1) is 0 Å². The lowest BCUT2D eigenvalue weighted by atomic mass is 10.1. The van der Waals surface area contributed by atoms with E-state index in [9.17, 15) is 9.59 Å². The molecule has 0 aromatic heterocycles. The molecule has 0 aliphatic carbocycles. The topological polar surface area (TPSA) is 76.7 Å². The van der Waals surface area contributed by atoms with Crippen LogP contribution in [0.5, 0.6) is 11.5 Å². The lowest BCUT2D eigenvalue weighted by Gasteiger charge is -2.17. The lowest BCUT2D eigenvalue weighted by Crippen LogP contribution is -2.26. The third kappa shape index (κ3) is 5.74. The highest BCUT2D eigenvalue weighted by Gasteiger charge is 2.14. The van der Waals surface area contributed by atoms with Crippen LogP contribution in [0.1, 0.15) is 49.7 Å². The number of carbonyl (C=O) groups excluding carboxylic acids is 2. The summed E-state index contributed by atoms with van der Waals surface area (Å²) >= 11 is 0. The summed E-state index contributed by atoms with van der Waals surface area (Å²) in [6, 6.07) is 12.2. The fourth-order valence-electron chi connectivity index (χ4n) is 2.61. The molecule has 6 nitrogen and oxygen atoms in total. The fourth-order valence-corrected chi connectivity index (χ4v) is 2.61. The van der Waals surface area contributed by atoms with E-state index >= 15 is 0 Å². The minimum Gasteiger partial charge on any atom is -0.490 e. The number of hydrogen-bond donors (Lipinski definition) is 2. The van der Waals surface area contributed by atoms with Crippen molar-refractivity contribution in [2.75, 3.05) is 18.5 Å². The Hall–Kier alpha value is -3.02. The monoisotopic (exact) mass is 370 g/mol. The molecule has 0 fully saturated rings. The largest absolute Gasteiger partial charge is 0.490 e. The molecule has 1 unspecified atom stereocenters. The first-order valence-corrected chi connectivity index (χ1v) is 9.02. The van der Waals surface area contributed by atoms with Gasteiger partial charge in [-0.1, -0.05) is 6.07 Å². The van der Waals surface area contributed by atoms with Crippen LogP contribution in [0.2, 0.25) is 0 Å². The number of amides is 2. The quantitative estimate of drug-likeness (QED) is 0.738. The molecule has 0 radical (unpaired) electrons. The number of benzene rings is 2. The smallest absolute Gasteiger partial charge is 0.251 e. The number of ether oxygens (including phenoxy) is 2. The van der Waals surface area contributed by atoms with Crippen molar-refractivity contribution in [2.24, 2.45) is 0 Å². The molecule has 0 aliphatic rings. The van der Waals surface area contributed by atoms with Crippen LogP contribution in [0, 0.1) is 0 Å². The van der Waals surface area contributed by atoms with Gasteiger partial charge in [0, 0.05) is 18.2 Å². The van der Waals surface area contributed by atoms with Crippen LogP contribution in [0.25, 0.3) is 0 Å².